The van der Waals surface area contributed by atoms with Crippen molar-refractivity contribution in [1.82, 2.24) is 0 Å². The van der Waals surface area contributed by atoms with Gasteiger partial charge in [-0.05, 0) is 29.8 Å². The lowest BCUT2D eigenvalue weighted by molar-refractivity contribution is 0.305. The highest BCUT2D eigenvalue weighted by atomic mass is 16.5. The van der Waals surface area contributed by atoms with Gasteiger partial charge in [0.15, 0.2) is 0 Å². The summed E-state index contributed by atoms with van der Waals surface area (Å²) in [5.41, 5.74) is 8.00. The van der Waals surface area contributed by atoms with E-state index in [1.807, 2.05) is 12.1 Å². The fraction of sp³-hybridized carbons (Fsp3) is 0.133. The zero-order chi connectivity index (χ0) is 13.7. The van der Waals surface area contributed by atoms with Crippen LogP contribution in [0.2, 0.25) is 0 Å². The molecule has 0 aliphatic rings. The van der Waals surface area contributed by atoms with Gasteiger partial charge >= 0.3 is 0 Å². The topological polar surface area (TPSA) is 68.3 Å². The van der Waals surface area contributed by atoms with Gasteiger partial charge in [0.05, 0.1) is 24.4 Å². The molecule has 2 rings (SSSR count). The molecule has 0 unspecified atom stereocenters. The molecule has 0 saturated carbocycles. The van der Waals surface area contributed by atoms with Crippen molar-refractivity contribution in [3.63, 3.8) is 0 Å². The van der Waals surface area contributed by atoms with Crippen LogP contribution in [0.15, 0.2) is 42.5 Å². The van der Waals surface area contributed by atoms with Crippen LogP contribution in [0.1, 0.15) is 11.1 Å². The SMILES string of the molecule is COc1ccc(N)c(OCc2ccc(C#N)cc2)c1. The number of nitrogens with two attached hydrogens (primary N) is 1. The van der Waals surface area contributed by atoms with Gasteiger partial charge in [-0.2, -0.15) is 5.26 Å². The molecule has 0 amide bonds. The van der Waals surface area contributed by atoms with E-state index in [0.717, 1.165) is 5.56 Å². The number of ether oxygens (including phenoxy) is 2. The maximum Gasteiger partial charge on any atom is 0.146 e. The Morgan fingerprint density at radius 3 is 2.53 bits per heavy atom. The normalized spacial score (nSPS) is 9.68. The summed E-state index contributed by atoms with van der Waals surface area (Å²) in [4.78, 5) is 0. The number of nitriles is 1. The maximum absolute atomic E-state index is 8.72. The van der Waals surface area contributed by atoms with Crippen molar-refractivity contribution in [2.45, 2.75) is 6.61 Å². The van der Waals surface area contributed by atoms with E-state index in [1.165, 1.54) is 0 Å². The second-order valence-corrected chi connectivity index (χ2v) is 4.00. The minimum Gasteiger partial charge on any atom is -0.497 e. The van der Waals surface area contributed by atoms with E-state index < -0.39 is 0 Å². The van der Waals surface area contributed by atoms with Gasteiger partial charge in [-0.1, -0.05) is 12.1 Å². The number of anilines is 1. The number of hydrogen-bond donors (Lipinski definition) is 1. The van der Waals surface area contributed by atoms with Gasteiger partial charge in [0.25, 0.3) is 0 Å². The van der Waals surface area contributed by atoms with E-state index in [2.05, 4.69) is 6.07 Å². The van der Waals surface area contributed by atoms with Gasteiger partial charge < -0.3 is 15.2 Å². The minimum atomic E-state index is 0.392. The van der Waals surface area contributed by atoms with Gasteiger partial charge in [-0.15, -0.1) is 0 Å². The van der Waals surface area contributed by atoms with Crippen molar-refractivity contribution in [3.05, 3.63) is 53.6 Å². The van der Waals surface area contributed by atoms with Crippen LogP contribution in [-0.2, 0) is 6.61 Å². The molecule has 0 atom stereocenters. The second kappa shape index (κ2) is 5.78. The third kappa shape index (κ3) is 3.17. The van der Waals surface area contributed by atoms with Crippen molar-refractivity contribution in [1.29, 1.82) is 5.26 Å². The van der Waals surface area contributed by atoms with Crippen molar-refractivity contribution in [2.24, 2.45) is 0 Å². The quantitative estimate of drug-likeness (QED) is 0.852. The van der Waals surface area contributed by atoms with Crippen molar-refractivity contribution in [3.8, 4) is 17.6 Å². The predicted octanol–water partition coefficient (Wildman–Crippen LogP) is 2.73. The largest absolute Gasteiger partial charge is 0.497 e. The van der Waals surface area contributed by atoms with Crippen LogP contribution in [-0.4, -0.2) is 7.11 Å². The molecule has 0 aliphatic carbocycles. The lowest BCUT2D eigenvalue weighted by Gasteiger charge is -2.10. The molecular weight excluding hydrogens is 240 g/mol. The molecule has 0 radical (unpaired) electrons. The molecule has 0 aliphatic heterocycles. The van der Waals surface area contributed by atoms with Gasteiger partial charge in [0, 0.05) is 6.07 Å². The summed E-state index contributed by atoms with van der Waals surface area (Å²) >= 11 is 0. The number of nitrogen functional groups attached to an aromatic ring is 1. The molecule has 0 heterocycles. The number of methoxy groups -OCH3 is 1. The monoisotopic (exact) mass is 254 g/mol. The summed E-state index contributed by atoms with van der Waals surface area (Å²) < 4.78 is 10.8. The highest BCUT2D eigenvalue weighted by Crippen LogP contribution is 2.27. The van der Waals surface area contributed by atoms with Gasteiger partial charge in [0.2, 0.25) is 0 Å². The highest BCUT2D eigenvalue weighted by Gasteiger charge is 2.03. The Balaban J connectivity index is 2.07. The summed E-state index contributed by atoms with van der Waals surface area (Å²) in [6.45, 7) is 0.392. The fourth-order valence-electron chi connectivity index (χ4n) is 1.60. The molecule has 0 saturated heterocycles. The van der Waals surface area contributed by atoms with Gasteiger partial charge in [0.1, 0.15) is 18.1 Å². The van der Waals surface area contributed by atoms with Crippen LogP contribution in [0, 0.1) is 11.3 Å². The van der Waals surface area contributed by atoms with Crippen LogP contribution in [0.4, 0.5) is 5.69 Å². The maximum atomic E-state index is 8.72. The first-order chi connectivity index (χ1) is 9.22. The van der Waals surface area contributed by atoms with Crippen molar-refractivity contribution < 1.29 is 9.47 Å². The molecule has 96 valence electrons. The Morgan fingerprint density at radius 2 is 1.89 bits per heavy atom. The number of benzene rings is 2. The smallest absolute Gasteiger partial charge is 0.146 e. The molecule has 4 nitrogen and oxygen atoms in total. The molecule has 0 bridgehead atoms. The zero-order valence-electron chi connectivity index (χ0n) is 10.6. The van der Waals surface area contributed by atoms with Crippen molar-refractivity contribution in [2.75, 3.05) is 12.8 Å². The average molecular weight is 254 g/mol. The summed E-state index contributed by atoms with van der Waals surface area (Å²) in [5, 5.41) is 8.72. The van der Waals surface area contributed by atoms with Crippen LogP contribution < -0.4 is 15.2 Å². The summed E-state index contributed by atoms with van der Waals surface area (Å²) in [5.74, 6) is 1.28. The van der Waals surface area contributed by atoms with Crippen LogP contribution >= 0.6 is 0 Å². The first kappa shape index (κ1) is 12.8. The van der Waals surface area contributed by atoms with E-state index in [-0.39, 0.29) is 0 Å². The van der Waals surface area contributed by atoms with Gasteiger partial charge in [-0.25, -0.2) is 0 Å². The Labute approximate surface area is 112 Å². The van der Waals surface area contributed by atoms with Crippen LogP contribution in [0.5, 0.6) is 11.5 Å². The molecule has 2 aromatic rings. The third-order valence-corrected chi connectivity index (χ3v) is 2.70. The summed E-state index contributed by atoms with van der Waals surface area (Å²) in [7, 11) is 1.59. The predicted molar refractivity (Wildman–Crippen MR) is 72.9 cm³/mol. The first-order valence-electron chi connectivity index (χ1n) is 5.78. The van der Waals surface area contributed by atoms with E-state index in [4.69, 9.17) is 20.5 Å². The van der Waals surface area contributed by atoms with Crippen LogP contribution in [0.3, 0.4) is 0 Å². The van der Waals surface area contributed by atoms with Crippen LogP contribution in [0.25, 0.3) is 0 Å². The molecule has 4 heteroatoms. The molecular formula is C15H14N2O2. The average Bonchev–Trinajstić information content (AvgIpc) is 2.47. The molecule has 2 N–H and O–H groups in total. The summed E-state index contributed by atoms with van der Waals surface area (Å²) in [6.07, 6.45) is 0. The van der Waals surface area contributed by atoms with E-state index in [1.54, 1.807) is 37.4 Å². The standard InChI is InChI=1S/C15H14N2O2/c1-18-13-6-7-14(17)15(8-13)19-10-12-4-2-11(9-16)3-5-12/h2-8H,10,17H2,1H3. The zero-order valence-corrected chi connectivity index (χ0v) is 10.6. The van der Waals surface area contributed by atoms with Crippen molar-refractivity contribution >= 4 is 5.69 Å². The van der Waals surface area contributed by atoms with E-state index >= 15 is 0 Å². The van der Waals surface area contributed by atoms with E-state index in [0.29, 0.717) is 29.4 Å². The Hall–Kier alpha value is -2.67. The molecule has 0 spiro atoms. The Kier molecular flexibility index (Phi) is 3.89. The van der Waals surface area contributed by atoms with E-state index in [9.17, 15) is 0 Å². The molecule has 2 aromatic carbocycles. The number of nitrogens with zero attached hydrogens (tertiary/aromatic N) is 1. The number of hydrogen-bond acceptors (Lipinski definition) is 4. The highest BCUT2D eigenvalue weighted by molar-refractivity contribution is 5.55. The first-order valence-corrected chi connectivity index (χ1v) is 5.78. The fourth-order valence-corrected chi connectivity index (χ4v) is 1.60. The molecule has 19 heavy (non-hydrogen) atoms. The summed E-state index contributed by atoms with van der Waals surface area (Å²) in [6, 6.07) is 14.6. The van der Waals surface area contributed by atoms with Gasteiger partial charge in [-0.3, -0.25) is 0 Å². The third-order valence-electron chi connectivity index (χ3n) is 2.70. The Bertz CT molecular complexity index is 601. The second-order valence-electron chi connectivity index (χ2n) is 4.00. The minimum absolute atomic E-state index is 0.392. The molecule has 0 aromatic heterocycles. The Morgan fingerprint density at radius 1 is 1.16 bits per heavy atom. The lowest BCUT2D eigenvalue weighted by atomic mass is 10.1. The molecule has 0 fully saturated rings. The lowest BCUT2D eigenvalue weighted by Crippen LogP contribution is -1.99. The number of rotatable bonds is 4.